The van der Waals surface area contributed by atoms with Gasteiger partial charge in [-0.2, -0.15) is 0 Å². The fourth-order valence-corrected chi connectivity index (χ4v) is 10.5. The first kappa shape index (κ1) is 33.6. The fraction of sp³-hybridized carbons (Fsp3) is 0.308. The number of aliphatic hydroxyl groups excluding tert-OH is 1. The molecule has 3 heterocycles. The van der Waals surface area contributed by atoms with Crippen LogP contribution in [0, 0.1) is 5.92 Å². The first-order valence-electron chi connectivity index (χ1n) is 17.0. The minimum absolute atomic E-state index is 0.103. The van der Waals surface area contributed by atoms with E-state index in [9.17, 15) is 19.5 Å². The van der Waals surface area contributed by atoms with Crippen LogP contribution in [0.1, 0.15) is 30.0 Å². The highest BCUT2D eigenvalue weighted by Crippen LogP contribution is 2.60. The zero-order chi connectivity index (χ0) is 35.2. The van der Waals surface area contributed by atoms with Gasteiger partial charge in [0.05, 0.1) is 48.0 Å². The molecule has 5 aromatic rings. The third kappa shape index (κ3) is 5.78. The summed E-state index contributed by atoms with van der Waals surface area (Å²) in [6, 6.07) is 31.8. The minimum Gasteiger partial charge on any atom is -0.395 e. The molecular formula is C39H41FN4O5Si. The number of nitrogens with zero attached hydrogens (tertiary/aromatic N) is 3. The number of hydrogen-bond donors (Lipinski definition) is 2. The summed E-state index contributed by atoms with van der Waals surface area (Å²) in [7, 11) is -3.49. The molecule has 0 bridgehead atoms. The predicted molar refractivity (Wildman–Crippen MR) is 193 cm³/mol. The summed E-state index contributed by atoms with van der Waals surface area (Å²) in [4.78, 5) is 44.8. The monoisotopic (exact) mass is 692 g/mol. The van der Waals surface area contributed by atoms with E-state index in [0.717, 1.165) is 16.6 Å². The topological polar surface area (TPSA) is 108 Å². The van der Waals surface area contributed by atoms with Crippen LogP contribution in [0.3, 0.4) is 0 Å². The molecule has 2 amide bonds. The van der Waals surface area contributed by atoms with Gasteiger partial charge in [0.1, 0.15) is 0 Å². The Hall–Kier alpha value is -4.84. The summed E-state index contributed by atoms with van der Waals surface area (Å²) in [5.41, 5.74) is 2.29. The third-order valence-electron chi connectivity index (χ3n) is 10.3. The number of para-hydroxylation sites is 2. The molecule has 11 heteroatoms. The molecule has 4 aromatic carbocycles. The summed E-state index contributed by atoms with van der Waals surface area (Å²) in [5.74, 6) is -1.08. The number of anilines is 1. The highest BCUT2D eigenvalue weighted by Gasteiger charge is 2.67. The molecule has 2 N–H and O–H groups in total. The van der Waals surface area contributed by atoms with E-state index in [1.165, 1.54) is 4.68 Å². The van der Waals surface area contributed by atoms with Gasteiger partial charge >= 0.3 is 0 Å². The van der Waals surface area contributed by atoms with Gasteiger partial charge in [-0.05, 0) is 54.6 Å². The minimum atomic E-state index is -3.49. The Balaban J connectivity index is 1.17. The molecule has 7 rings (SSSR count). The molecule has 0 saturated carbocycles. The Morgan fingerprint density at radius 1 is 0.940 bits per heavy atom. The standard InChI is InChI=1S/C39H41FN4O5Si/c1-26-36(50(2,3)40)34(23-35(46)42(21-22-45)24-27-11-5-4-6-12-27)49-39(26)31-14-8-10-16-33(31)43(38(39)48)25-28-17-19-29(20-18-28)44-37(47)30-13-7-9-15-32(30)41-44/h4-20,26,34,36,41,45H,21-25H2,1-3H3/t26-,34+,36-,39+/m1/s1. The van der Waals surface area contributed by atoms with Crippen molar-refractivity contribution in [3.63, 3.8) is 0 Å². The average Bonchev–Trinajstić information content (AvgIpc) is 3.69. The number of rotatable bonds is 10. The number of benzene rings is 4. The quantitative estimate of drug-likeness (QED) is 0.137. The molecular weight excluding hydrogens is 652 g/mol. The molecule has 0 aliphatic carbocycles. The van der Waals surface area contributed by atoms with Crippen molar-refractivity contribution in [1.29, 1.82) is 0 Å². The smallest absolute Gasteiger partial charge is 0.279 e. The maximum absolute atomic E-state index is 16.3. The van der Waals surface area contributed by atoms with E-state index in [1.807, 2.05) is 104 Å². The Morgan fingerprint density at radius 2 is 1.62 bits per heavy atom. The van der Waals surface area contributed by atoms with Crippen LogP contribution in [0.25, 0.3) is 16.6 Å². The van der Waals surface area contributed by atoms with Crippen LogP contribution in [0.5, 0.6) is 0 Å². The van der Waals surface area contributed by atoms with Gasteiger partial charge in [-0.3, -0.25) is 19.5 Å². The summed E-state index contributed by atoms with van der Waals surface area (Å²) in [5, 5.41) is 13.5. The first-order valence-corrected chi connectivity index (χ1v) is 20.0. The Labute approximate surface area is 291 Å². The molecule has 0 unspecified atom stereocenters. The lowest BCUT2D eigenvalue weighted by Gasteiger charge is -2.31. The lowest BCUT2D eigenvalue weighted by molar-refractivity contribution is -0.150. The van der Waals surface area contributed by atoms with Gasteiger partial charge in [0.15, 0.2) is 5.60 Å². The van der Waals surface area contributed by atoms with Gasteiger partial charge in [-0.25, -0.2) is 4.68 Å². The molecule has 1 fully saturated rings. The number of fused-ring (bicyclic) bond motifs is 3. The number of amides is 2. The van der Waals surface area contributed by atoms with Crippen molar-refractivity contribution < 1.29 is 23.5 Å². The van der Waals surface area contributed by atoms with Crippen molar-refractivity contribution in [1.82, 2.24) is 14.7 Å². The lowest BCUT2D eigenvalue weighted by Crippen LogP contribution is -2.45. The summed E-state index contributed by atoms with van der Waals surface area (Å²) >= 11 is 0. The molecule has 2 aliphatic rings. The third-order valence-corrected chi connectivity index (χ3v) is 12.8. The van der Waals surface area contributed by atoms with E-state index in [-0.39, 0.29) is 43.5 Å². The van der Waals surface area contributed by atoms with E-state index in [0.29, 0.717) is 28.9 Å². The van der Waals surface area contributed by atoms with Gasteiger partial charge in [0.25, 0.3) is 11.5 Å². The summed E-state index contributed by atoms with van der Waals surface area (Å²) < 4.78 is 24.6. The second-order valence-electron chi connectivity index (χ2n) is 13.9. The number of aromatic amines is 1. The number of H-pyrrole nitrogens is 1. The first-order chi connectivity index (χ1) is 24.0. The molecule has 258 valence electrons. The largest absolute Gasteiger partial charge is 0.395 e. The Morgan fingerprint density at radius 3 is 2.32 bits per heavy atom. The van der Waals surface area contributed by atoms with Gasteiger partial charge < -0.3 is 23.8 Å². The van der Waals surface area contributed by atoms with Crippen molar-refractivity contribution in [3.05, 3.63) is 130 Å². The van der Waals surface area contributed by atoms with Crippen LogP contribution < -0.4 is 10.5 Å². The Bertz CT molecular complexity index is 2090. The van der Waals surface area contributed by atoms with E-state index in [2.05, 4.69) is 5.10 Å². The van der Waals surface area contributed by atoms with Gasteiger partial charge in [-0.1, -0.05) is 79.7 Å². The SMILES string of the molecule is C[C@@H]1[C@@H]([Si](C)(C)F)[C@H](CC(=O)N(CCO)Cc2ccccc2)O[C@@]12C(=O)N(Cc1ccc(-n3[nH]c4ccccc4c3=O)cc1)c1ccccc12. The Kier molecular flexibility index (Phi) is 8.83. The van der Waals surface area contributed by atoms with Crippen molar-refractivity contribution >= 4 is 36.8 Å². The van der Waals surface area contributed by atoms with Crippen LogP contribution in [-0.4, -0.2) is 59.3 Å². The number of aliphatic hydroxyl groups is 1. The predicted octanol–water partition coefficient (Wildman–Crippen LogP) is 6.05. The van der Waals surface area contributed by atoms with Crippen LogP contribution >= 0.6 is 0 Å². The van der Waals surface area contributed by atoms with Crippen molar-refractivity contribution in [2.45, 2.75) is 56.8 Å². The second-order valence-corrected chi connectivity index (χ2v) is 17.7. The fourth-order valence-electron chi connectivity index (χ4n) is 8.05. The number of aromatic nitrogens is 2. The van der Waals surface area contributed by atoms with Gasteiger partial charge in [0.2, 0.25) is 14.3 Å². The lowest BCUT2D eigenvalue weighted by atomic mass is 9.82. The molecule has 9 nitrogen and oxygen atoms in total. The van der Waals surface area contributed by atoms with E-state index in [4.69, 9.17) is 4.74 Å². The van der Waals surface area contributed by atoms with Crippen molar-refractivity contribution in [2.75, 3.05) is 18.1 Å². The van der Waals surface area contributed by atoms with Gasteiger partial charge in [0, 0.05) is 30.1 Å². The number of halogens is 1. The van der Waals surface area contributed by atoms with Crippen LogP contribution in [0.4, 0.5) is 9.80 Å². The number of ether oxygens (including phenoxy) is 1. The van der Waals surface area contributed by atoms with Gasteiger partial charge in [-0.15, -0.1) is 0 Å². The number of nitrogens with one attached hydrogen (secondary N) is 1. The maximum atomic E-state index is 16.3. The highest BCUT2D eigenvalue weighted by atomic mass is 28.4. The van der Waals surface area contributed by atoms with Crippen LogP contribution in [0.15, 0.2) is 108 Å². The molecule has 2 aliphatic heterocycles. The van der Waals surface area contributed by atoms with Crippen LogP contribution in [-0.2, 0) is 33.0 Å². The zero-order valence-electron chi connectivity index (χ0n) is 28.4. The van der Waals surface area contributed by atoms with E-state index in [1.54, 1.807) is 29.0 Å². The zero-order valence-corrected chi connectivity index (χ0v) is 29.4. The van der Waals surface area contributed by atoms with E-state index < -0.39 is 31.6 Å². The average molecular weight is 693 g/mol. The summed E-state index contributed by atoms with van der Waals surface area (Å²) in [6.45, 7) is 5.58. The maximum Gasteiger partial charge on any atom is 0.279 e. The normalized spacial score (nSPS) is 21.7. The molecule has 50 heavy (non-hydrogen) atoms. The molecule has 1 saturated heterocycles. The van der Waals surface area contributed by atoms with Crippen molar-refractivity contribution in [2.24, 2.45) is 5.92 Å². The molecule has 0 radical (unpaired) electrons. The summed E-state index contributed by atoms with van der Waals surface area (Å²) in [6.07, 6.45) is -0.930. The number of carbonyl (C=O) groups excluding carboxylic acids is 2. The van der Waals surface area contributed by atoms with Crippen LogP contribution in [0.2, 0.25) is 18.6 Å². The second kappa shape index (κ2) is 13.1. The molecule has 1 aromatic heterocycles. The molecule has 1 spiro atoms. The molecule has 4 atom stereocenters. The highest BCUT2D eigenvalue weighted by molar-refractivity contribution is 6.72. The number of hydrogen-bond acceptors (Lipinski definition) is 5. The van der Waals surface area contributed by atoms with Crippen molar-refractivity contribution in [3.8, 4) is 5.69 Å². The van der Waals surface area contributed by atoms with E-state index >= 15 is 4.11 Å². The number of carbonyl (C=O) groups is 2.